The van der Waals surface area contributed by atoms with E-state index >= 15 is 0 Å². The van der Waals surface area contributed by atoms with Crippen LogP contribution in [0, 0.1) is 0 Å². The molecule has 1 aliphatic heterocycles. The number of halogens is 2. The smallest absolute Gasteiger partial charge is 0.0237 e. The van der Waals surface area contributed by atoms with Crippen LogP contribution in [0.25, 0.3) is 0 Å². The molecule has 3 heteroatoms. The zero-order chi connectivity index (χ0) is 11.4. The molecule has 0 N–H and O–H groups in total. The summed E-state index contributed by atoms with van der Waals surface area (Å²) >= 11 is 7.10. The van der Waals surface area contributed by atoms with E-state index in [4.69, 9.17) is 0 Å². The summed E-state index contributed by atoms with van der Waals surface area (Å²) in [7, 11) is 0. The predicted octanol–water partition coefficient (Wildman–Crippen LogP) is 4.20. The Morgan fingerprint density at radius 1 is 1.19 bits per heavy atom. The Morgan fingerprint density at radius 3 is 2.62 bits per heavy atom. The lowest BCUT2D eigenvalue weighted by Gasteiger charge is -2.34. The number of alkyl halides is 1. The van der Waals surface area contributed by atoms with Gasteiger partial charge in [-0.05, 0) is 37.1 Å². The molecule has 0 aromatic heterocycles. The normalized spacial score (nSPS) is 22.2. The van der Waals surface area contributed by atoms with Gasteiger partial charge in [0.25, 0.3) is 0 Å². The molecule has 0 aliphatic carbocycles. The minimum absolute atomic E-state index is 0.720. The van der Waals surface area contributed by atoms with E-state index in [1.807, 2.05) is 0 Å². The Morgan fingerprint density at radius 2 is 1.94 bits per heavy atom. The third-order valence-electron chi connectivity index (χ3n) is 3.23. The van der Waals surface area contributed by atoms with Crippen molar-refractivity contribution in [2.75, 3.05) is 11.9 Å². The SMILES string of the molecule is BrCC1CCCCN1Cc1ccc(Br)cc1. The van der Waals surface area contributed by atoms with Crippen LogP contribution in [0.1, 0.15) is 24.8 Å². The summed E-state index contributed by atoms with van der Waals surface area (Å²) in [5.74, 6) is 0. The summed E-state index contributed by atoms with van der Waals surface area (Å²) in [6.45, 7) is 2.33. The zero-order valence-corrected chi connectivity index (χ0v) is 12.5. The monoisotopic (exact) mass is 345 g/mol. The predicted molar refractivity (Wildman–Crippen MR) is 76.0 cm³/mol. The van der Waals surface area contributed by atoms with Gasteiger partial charge in [0.1, 0.15) is 0 Å². The van der Waals surface area contributed by atoms with Gasteiger partial charge in [-0.15, -0.1) is 0 Å². The van der Waals surface area contributed by atoms with E-state index in [-0.39, 0.29) is 0 Å². The first kappa shape index (κ1) is 12.6. The van der Waals surface area contributed by atoms with Gasteiger partial charge in [-0.25, -0.2) is 0 Å². The first-order valence-corrected chi connectivity index (χ1v) is 7.75. The molecule has 1 aromatic carbocycles. The van der Waals surface area contributed by atoms with Crippen molar-refractivity contribution in [1.82, 2.24) is 4.90 Å². The van der Waals surface area contributed by atoms with Gasteiger partial charge in [0.05, 0.1) is 0 Å². The van der Waals surface area contributed by atoms with Crippen molar-refractivity contribution < 1.29 is 0 Å². The maximum Gasteiger partial charge on any atom is 0.0237 e. The fourth-order valence-corrected chi connectivity index (χ4v) is 3.26. The van der Waals surface area contributed by atoms with Crippen LogP contribution < -0.4 is 0 Å². The highest BCUT2D eigenvalue weighted by Crippen LogP contribution is 2.21. The zero-order valence-electron chi connectivity index (χ0n) is 9.33. The molecule has 1 heterocycles. The molecular weight excluding hydrogens is 330 g/mol. The molecule has 0 amide bonds. The third kappa shape index (κ3) is 3.31. The maximum absolute atomic E-state index is 3.63. The highest BCUT2D eigenvalue weighted by molar-refractivity contribution is 9.10. The average molecular weight is 347 g/mol. The molecule has 0 radical (unpaired) electrons. The molecule has 1 nitrogen and oxygen atoms in total. The summed E-state index contributed by atoms with van der Waals surface area (Å²) in [6, 6.07) is 9.40. The van der Waals surface area contributed by atoms with Crippen LogP contribution in [-0.2, 0) is 6.54 Å². The molecule has 0 spiro atoms. The van der Waals surface area contributed by atoms with Crippen molar-refractivity contribution in [2.24, 2.45) is 0 Å². The lowest BCUT2D eigenvalue weighted by molar-refractivity contribution is 0.156. The summed E-state index contributed by atoms with van der Waals surface area (Å²) in [5.41, 5.74) is 1.41. The van der Waals surface area contributed by atoms with Crippen molar-refractivity contribution in [3.63, 3.8) is 0 Å². The lowest BCUT2D eigenvalue weighted by Crippen LogP contribution is -2.39. The molecule has 1 saturated heterocycles. The number of rotatable bonds is 3. The van der Waals surface area contributed by atoms with Crippen molar-refractivity contribution in [3.05, 3.63) is 34.3 Å². The Balaban J connectivity index is 1.99. The quantitative estimate of drug-likeness (QED) is 0.741. The molecule has 0 saturated carbocycles. The molecule has 1 atom stereocenters. The van der Waals surface area contributed by atoms with E-state index in [2.05, 4.69) is 61.0 Å². The second-order valence-corrected chi connectivity index (χ2v) is 5.96. The first-order valence-electron chi connectivity index (χ1n) is 5.84. The van der Waals surface area contributed by atoms with Crippen LogP contribution in [0.4, 0.5) is 0 Å². The van der Waals surface area contributed by atoms with Gasteiger partial charge in [-0.1, -0.05) is 50.4 Å². The van der Waals surface area contributed by atoms with E-state index in [0.717, 1.165) is 22.4 Å². The fourth-order valence-electron chi connectivity index (χ4n) is 2.27. The Hall–Kier alpha value is 0.140. The minimum atomic E-state index is 0.720. The summed E-state index contributed by atoms with van der Waals surface area (Å²) in [6.07, 6.45) is 4.06. The van der Waals surface area contributed by atoms with Gasteiger partial charge in [-0.3, -0.25) is 4.90 Å². The molecule has 1 unspecified atom stereocenters. The summed E-state index contributed by atoms with van der Waals surface area (Å²) in [4.78, 5) is 2.60. The largest absolute Gasteiger partial charge is 0.295 e. The van der Waals surface area contributed by atoms with Gasteiger partial charge in [0, 0.05) is 22.4 Å². The van der Waals surface area contributed by atoms with Crippen LogP contribution in [0.3, 0.4) is 0 Å². The van der Waals surface area contributed by atoms with Crippen LogP contribution in [0.5, 0.6) is 0 Å². The number of nitrogens with zero attached hydrogens (tertiary/aromatic N) is 1. The van der Waals surface area contributed by atoms with Gasteiger partial charge in [0.2, 0.25) is 0 Å². The Kier molecular flexibility index (Phi) is 4.86. The highest BCUT2D eigenvalue weighted by Gasteiger charge is 2.20. The highest BCUT2D eigenvalue weighted by atomic mass is 79.9. The molecular formula is C13H17Br2N. The molecule has 16 heavy (non-hydrogen) atoms. The maximum atomic E-state index is 3.63. The van der Waals surface area contributed by atoms with E-state index < -0.39 is 0 Å². The van der Waals surface area contributed by atoms with Crippen molar-refractivity contribution in [3.8, 4) is 0 Å². The standard InChI is InChI=1S/C13H17Br2N/c14-9-13-3-1-2-8-16(13)10-11-4-6-12(15)7-5-11/h4-7,13H,1-3,8-10H2. The molecule has 0 bridgehead atoms. The van der Waals surface area contributed by atoms with Crippen molar-refractivity contribution in [1.29, 1.82) is 0 Å². The van der Waals surface area contributed by atoms with Crippen LogP contribution in [0.15, 0.2) is 28.7 Å². The molecule has 1 aromatic rings. The van der Waals surface area contributed by atoms with Crippen LogP contribution in [0.2, 0.25) is 0 Å². The summed E-state index contributed by atoms with van der Waals surface area (Å²) in [5, 5.41) is 1.10. The fraction of sp³-hybridized carbons (Fsp3) is 0.538. The van der Waals surface area contributed by atoms with Gasteiger partial charge < -0.3 is 0 Å². The topological polar surface area (TPSA) is 3.24 Å². The van der Waals surface area contributed by atoms with Gasteiger partial charge in [-0.2, -0.15) is 0 Å². The lowest BCUT2D eigenvalue weighted by atomic mass is 10.0. The van der Waals surface area contributed by atoms with Crippen LogP contribution >= 0.6 is 31.9 Å². The van der Waals surface area contributed by atoms with Crippen molar-refractivity contribution in [2.45, 2.75) is 31.8 Å². The molecule has 2 rings (SSSR count). The first-order chi connectivity index (χ1) is 7.79. The number of hydrogen-bond donors (Lipinski definition) is 0. The second-order valence-electron chi connectivity index (χ2n) is 4.40. The number of likely N-dealkylation sites (tertiary alicyclic amines) is 1. The van der Waals surface area contributed by atoms with Gasteiger partial charge >= 0.3 is 0 Å². The van der Waals surface area contributed by atoms with Crippen molar-refractivity contribution >= 4 is 31.9 Å². The minimum Gasteiger partial charge on any atom is -0.295 e. The van der Waals surface area contributed by atoms with E-state index in [1.54, 1.807) is 0 Å². The van der Waals surface area contributed by atoms with Gasteiger partial charge in [0.15, 0.2) is 0 Å². The average Bonchev–Trinajstić information content (AvgIpc) is 2.33. The molecule has 1 fully saturated rings. The molecule has 1 aliphatic rings. The number of hydrogen-bond acceptors (Lipinski definition) is 1. The Bertz CT molecular complexity index is 323. The number of piperidine rings is 1. The van der Waals surface area contributed by atoms with Crippen LogP contribution in [-0.4, -0.2) is 22.8 Å². The third-order valence-corrected chi connectivity index (χ3v) is 4.50. The summed E-state index contributed by atoms with van der Waals surface area (Å²) < 4.78 is 1.16. The van der Waals surface area contributed by atoms with E-state index in [9.17, 15) is 0 Å². The Labute approximate surface area is 114 Å². The number of benzene rings is 1. The molecule has 88 valence electrons. The van der Waals surface area contributed by atoms with E-state index in [0.29, 0.717) is 0 Å². The van der Waals surface area contributed by atoms with E-state index in [1.165, 1.54) is 31.4 Å². The second kappa shape index (κ2) is 6.18.